The van der Waals surface area contributed by atoms with Gasteiger partial charge >= 0.3 is 0 Å². The van der Waals surface area contributed by atoms with E-state index in [0.29, 0.717) is 5.56 Å². The van der Waals surface area contributed by atoms with E-state index >= 15 is 0 Å². The number of carbonyl (C=O) groups excluding carboxylic acids is 1. The summed E-state index contributed by atoms with van der Waals surface area (Å²) < 4.78 is 0. The monoisotopic (exact) mass is 215 g/mol. The van der Waals surface area contributed by atoms with Gasteiger partial charge in [0, 0.05) is 22.8 Å². The first-order chi connectivity index (χ1) is 7.36. The van der Waals surface area contributed by atoms with Crippen LogP contribution in [-0.4, -0.2) is 10.8 Å². The summed E-state index contributed by atoms with van der Waals surface area (Å²) in [5.41, 5.74) is 0.616. The van der Waals surface area contributed by atoms with E-state index in [-0.39, 0.29) is 5.78 Å². The van der Waals surface area contributed by atoms with E-state index in [1.165, 1.54) is 0 Å². The first kappa shape index (κ1) is 9.80. The number of rotatable bonds is 3. The Labute approximate surface area is 91.9 Å². The van der Waals surface area contributed by atoms with Gasteiger partial charge in [-0.1, -0.05) is 6.07 Å². The van der Waals surface area contributed by atoms with Gasteiger partial charge in [-0.25, -0.2) is 0 Å². The molecule has 2 nitrogen and oxygen atoms in total. The lowest BCUT2D eigenvalue weighted by molar-refractivity contribution is 0.104. The summed E-state index contributed by atoms with van der Waals surface area (Å²) in [5, 5.41) is 1.98. The third kappa shape index (κ3) is 2.60. The van der Waals surface area contributed by atoms with Crippen molar-refractivity contribution in [2.75, 3.05) is 0 Å². The van der Waals surface area contributed by atoms with Crippen LogP contribution in [0, 0.1) is 0 Å². The predicted molar refractivity (Wildman–Crippen MR) is 61.9 cm³/mol. The Hall–Kier alpha value is -1.74. The highest BCUT2D eigenvalue weighted by atomic mass is 32.1. The lowest BCUT2D eigenvalue weighted by Gasteiger charge is -1.92. The molecule has 0 saturated heterocycles. The normalized spacial score (nSPS) is 10.7. The number of nitrogens with zero attached hydrogens (tertiary/aromatic N) is 1. The van der Waals surface area contributed by atoms with Crippen molar-refractivity contribution in [3.8, 4) is 0 Å². The topological polar surface area (TPSA) is 30.0 Å². The molecule has 0 aromatic carbocycles. The molecular weight excluding hydrogens is 206 g/mol. The minimum absolute atomic E-state index is 0.0171. The lowest BCUT2D eigenvalue weighted by Crippen LogP contribution is -1.93. The molecule has 0 aliphatic carbocycles. The number of ketones is 1. The fraction of sp³-hybridized carbons (Fsp3) is 0. The standard InChI is InChI=1S/C12H9NOS/c14-12(10-3-1-7-13-9-10)6-5-11-4-2-8-15-11/h1-9H. The molecule has 0 unspecified atom stereocenters. The van der Waals surface area contributed by atoms with E-state index in [2.05, 4.69) is 4.98 Å². The van der Waals surface area contributed by atoms with Gasteiger partial charge in [0.1, 0.15) is 0 Å². The van der Waals surface area contributed by atoms with Crippen LogP contribution >= 0.6 is 11.3 Å². The number of allylic oxidation sites excluding steroid dienone is 1. The molecule has 0 radical (unpaired) electrons. The average Bonchev–Trinajstić information content (AvgIpc) is 2.80. The zero-order valence-corrected chi connectivity index (χ0v) is 8.78. The van der Waals surface area contributed by atoms with Gasteiger partial charge in [0.15, 0.2) is 5.78 Å². The first-order valence-corrected chi connectivity index (χ1v) is 5.40. The van der Waals surface area contributed by atoms with Crippen molar-refractivity contribution in [1.82, 2.24) is 4.98 Å². The molecule has 0 amide bonds. The van der Waals surface area contributed by atoms with E-state index in [1.54, 1.807) is 41.9 Å². The number of hydrogen-bond acceptors (Lipinski definition) is 3. The number of carbonyl (C=O) groups is 1. The van der Waals surface area contributed by atoms with Gasteiger partial charge in [0.2, 0.25) is 0 Å². The average molecular weight is 215 g/mol. The molecule has 0 fully saturated rings. The van der Waals surface area contributed by atoms with Crippen molar-refractivity contribution >= 4 is 23.2 Å². The van der Waals surface area contributed by atoms with Crippen LogP contribution in [0.3, 0.4) is 0 Å². The summed E-state index contributed by atoms with van der Waals surface area (Å²) in [6.07, 6.45) is 6.61. The molecule has 74 valence electrons. The van der Waals surface area contributed by atoms with E-state index in [4.69, 9.17) is 0 Å². The summed E-state index contributed by atoms with van der Waals surface area (Å²) in [6, 6.07) is 7.44. The number of pyridine rings is 1. The highest BCUT2D eigenvalue weighted by Gasteiger charge is 1.99. The number of hydrogen-bond donors (Lipinski definition) is 0. The minimum Gasteiger partial charge on any atom is -0.289 e. The molecule has 2 aromatic rings. The molecule has 3 heteroatoms. The lowest BCUT2D eigenvalue weighted by atomic mass is 10.2. The van der Waals surface area contributed by atoms with Crippen LogP contribution in [0.15, 0.2) is 48.1 Å². The maximum absolute atomic E-state index is 11.6. The van der Waals surface area contributed by atoms with Crippen LogP contribution in [0.25, 0.3) is 6.08 Å². The van der Waals surface area contributed by atoms with Gasteiger partial charge in [0.05, 0.1) is 0 Å². The number of aromatic nitrogens is 1. The van der Waals surface area contributed by atoms with Crippen LogP contribution in [0.5, 0.6) is 0 Å². The second-order valence-corrected chi connectivity index (χ2v) is 3.93. The molecule has 0 spiro atoms. The van der Waals surface area contributed by atoms with Crippen molar-refractivity contribution in [1.29, 1.82) is 0 Å². The van der Waals surface area contributed by atoms with Gasteiger partial charge in [-0.2, -0.15) is 0 Å². The zero-order chi connectivity index (χ0) is 10.5. The van der Waals surface area contributed by atoms with Gasteiger partial charge in [0.25, 0.3) is 0 Å². The summed E-state index contributed by atoms with van der Waals surface area (Å²) in [6.45, 7) is 0. The summed E-state index contributed by atoms with van der Waals surface area (Å²) in [4.78, 5) is 16.6. The molecule has 0 N–H and O–H groups in total. The fourth-order valence-corrected chi connectivity index (χ4v) is 1.77. The predicted octanol–water partition coefficient (Wildman–Crippen LogP) is 3.04. The quantitative estimate of drug-likeness (QED) is 0.582. The molecule has 0 bridgehead atoms. The van der Waals surface area contributed by atoms with Crippen molar-refractivity contribution in [2.45, 2.75) is 0 Å². The Morgan fingerprint density at radius 3 is 2.93 bits per heavy atom. The van der Waals surface area contributed by atoms with Crippen molar-refractivity contribution in [3.63, 3.8) is 0 Å². The van der Waals surface area contributed by atoms with E-state index in [0.717, 1.165) is 4.88 Å². The van der Waals surface area contributed by atoms with Crippen LogP contribution in [-0.2, 0) is 0 Å². The molecule has 0 aliphatic rings. The van der Waals surface area contributed by atoms with Crippen LogP contribution < -0.4 is 0 Å². The molecule has 0 saturated carbocycles. The Kier molecular flexibility index (Phi) is 3.05. The Morgan fingerprint density at radius 2 is 2.27 bits per heavy atom. The SMILES string of the molecule is O=C(C=Cc1cccs1)c1cccnc1. The Balaban J connectivity index is 2.11. The first-order valence-electron chi connectivity index (χ1n) is 4.52. The van der Waals surface area contributed by atoms with Crippen LogP contribution in [0.4, 0.5) is 0 Å². The molecule has 2 heterocycles. The van der Waals surface area contributed by atoms with Crippen LogP contribution in [0.1, 0.15) is 15.2 Å². The summed E-state index contributed by atoms with van der Waals surface area (Å²) in [5.74, 6) is -0.0171. The second kappa shape index (κ2) is 4.66. The van der Waals surface area contributed by atoms with E-state index in [1.807, 2.05) is 23.6 Å². The van der Waals surface area contributed by atoms with E-state index < -0.39 is 0 Å². The second-order valence-electron chi connectivity index (χ2n) is 2.95. The molecule has 0 aliphatic heterocycles. The van der Waals surface area contributed by atoms with Gasteiger partial charge in [-0.15, -0.1) is 11.3 Å². The largest absolute Gasteiger partial charge is 0.289 e. The van der Waals surface area contributed by atoms with Gasteiger partial charge < -0.3 is 0 Å². The maximum Gasteiger partial charge on any atom is 0.187 e. The van der Waals surface area contributed by atoms with Gasteiger partial charge in [-0.3, -0.25) is 9.78 Å². The zero-order valence-electron chi connectivity index (χ0n) is 7.96. The van der Waals surface area contributed by atoms with E-state index in [9.17, 15) is 4.79 Å². The Morgan fingerprint density at radius 1 is 1.33 bits per heavy atom. The highest BCUT2D eigenvalue weighted by molar-refractivity contribution is 7.10. The third-order valence-corrected chi connectivity index (χ3v) is 2.73. The maximum atomic E-state index is 11.6. The molecular formula is C12H9NOS. The number of thiophene rings is 1. The summed E-state index contributed by atoms with van der Waals surface area (Å²) >= 11 is 1.61. The van der Waals surface area contributed by atoms with Crippen LogP contribution in [0.2, 0.25) is 0 Å². The fourth-order valence-electron chi connectivity index (χ4n) is 1.15. The molecule has 2 rings (SSSR count). The van der Waals surface area contributed by atoms with Crippen molar-refractivity contribution < 1.29 is 4.79 Å². The third-order valence-electron chi connectivity index (χ3n) is 1.89. The summed E-state index contributed by atoms with van der Waals surface area (Å²) in [7, 11) is 0. The molecule has 15 heavy (non-hydrogen) atoms. The van der Waals surface area contributed by atoms with Crippen molar-refractivity contribution in [3.05, 3.63) is 58.6 Å². The molecule has 0 atom stereocenters. The van der Waals surface area contributed by atoms with Crippen molar-refractivity contribution in [2.24, 2.45) is 0 Å². The highest BCUT2D eigenvalue weighted by Crippen LogP contribution is 2.11. The van der Waals surface area contributed by atoms with Gasteiger partial charge in [-0.05, 0) is 35.7 Å². The Bertz CT molecular complexity index is 460. The molecule has 2 aromatic heterocycles. The smallest absolute Gasteiger partial charge is 0.187 e. The minimum atomic E-state index is -0.0171.